The third kappa shape index (κ3) is 2.72. The molecule has 0 saturated heterocycles. The molecule has 3 aromatic rings. The highest BCUT2D eigenvalue weighted by atomic mass is 16.4. The molecule has 0 bridgehead atoms. The van der Waals surface area contributed by atoms with Crippen LogP contribution in [0.5, 0.6) is 0 Å². The lowest BCUT2D eigenvalue weighted by Crippen LogP contribution is -2.12. The highest BCUT2D eigenvalue weighted by Gasteiger charge is 2.05. The van der Waals surface area contributed by atoms with Crippen LogP contribution in [-0.4, -0.2) is 20.6 Å². The average molecular weight is 280 g/mol. The largest absolute Gasteiger partial charge is 0.409 e. The highest BCUT2D eigenvalue weighted by Crippen LogP contribution is 2.18. The van der Waals surface area contributed by atoms with Gasteiger partial charge in [-0.15, -0.1) is 0 Å². The Balaban J connectivity index is 1.84. The smallest absolute Gasteiger partial charge is 0.170 e. The number of aromatic nitrogens is 2. The molecule has 0 amide bonds. The molecule has 0 unspecified atom stereocenters. The molecule has 1 aromatic carbocycles. The fraction of sp³-hybridized carbons (Fsp3) is 0.125. The van der Waals surface area contributed by atoms with Gasteiger partial charge in [-0.05, 0) is 48.4 Å². The first-order valence-electron chi connectivity index (χ1n) is 6.73. The number of benzene rings is 1. The second-order valence-electron chi connectivity index (χ2n) is 4.87. The molecule has 2 heterocycles. The van der Waals surface area contributed by atoms with Crippen LogP contribution in [-0.2, 0) is 13.0 Å². The van der Waals surface area contributed by atoms with E-state index in [9.17, 15) is 0 Å². The molecule has 106 valence electrons. The Morgan fingerprint density at radius 3 is 2.76 bits per heavy atom. The number of aryl methyl sites for hydroxylation is 2. The van der Waals surface area contributed by atoms with Gasteiger partial charge in [-0.25, -0.2) is 0 Å². The SMILES string of the molecule is N/C(=N/O)c1ccc2c(ccn2CCc2ccncc2)c1. The van der Waals surface area contributed by atoms with Crippen LogP contribution in [0.1, 0.15) is 11.1 Å². The Morgan fingerprint density at radius 1 is 1.19 bits per heavy atom. The van der Waals surface area contributed by atoms with Crippen LogP contribution in [0.4, 0.5) is 0 Å². The van der Waals surface area contributed by atoms with E-state index in [0.29, 0.717) is 0 Å². The Labute approximate surface area is 122 Å². The van der Waals surface area contributed by atoms with Gasteiger partial charge in [0.05, 0.1) is 0 Å². The molecule has 0 aliphatic rings. The first-order chi connectivity index (χ1) is 10.3. The maximum atomic E-state index is 8.73. The summed E-state index contributed by atoms with van der Waals surface area (Å²) in [5.74, 6) is 0.126. The summed E-state index contributed by atoms with van der Waals surface area (Å²) >= 11 is 0. The minimum absolute atomic E-state index is 0.126. The third-order valence-electron chi connectivity index (χ3n) is 3.57. The van der Waals surface area contributed by atoms with Crippen molar-refractivity contribution >= 4 is 16.7 Å². The molecule has 0 fully saturated rings. The number of pyridine rings is 1. The predicted molar refractivity (Wildman–Crippen MR) is 82.4 cm³/mol. The van der Waals surface area contributed by atoms with Gasteiger partial charge >= 0.3 is 0 Å². The quantitative estimate of drug-likeness (QED) is 0.333. The van der Waals surface area contributed by atoms with Gasteiger partial charge in [0.25, 0.3) is 0 Å². The van der Waals surface area contributed by atoms with Gasteiger partial charge in [0.15, 0.2) is 5.84 Å². The Bertz CT molecular complexity index is 777. The molecule has 5 nitrogen and oxygen atoms in total. The van der Waals surface area contributed by atoms with Crippen LogP contribution in [0.2, 0.25) is 0 Å². The van der Waals surface area contributed by atoms with Gasteiger partial charge in [0, 0.05) is 41.6 Å². The molecule has 3 rings (SSSR count). The van der Waals surface area contributed by atoms with Crippen molar-refractivity contribution in [2.45, 2.75) is 13.0 Å². The minimum Gasteiger partial charge on any atom is -0.409 e. The molecule has 0 aliphatic carbocycles. The first-order valence-corrected chi connectivity index (χ1v) is 6.73. The van der Waals surface area contributed by atoms with E-state index in [1.165, 1.54) is 5.56 Å². The summed E-state index contributed by atoms with van der Waals surface area (Å²) in [7, 11) is 0. The molecular weight excluding hydrogens is 264 g/mol. The summed E-state index contributed by atoms with van der Waals surface area (Å²) in [6, 6.07) is 11.9. The van der Waals surface area contributed by atoms with Crippen LogP contribution in [0.15, 0.2) is 60.1 Å². The number of hydrogen-bond acceptors (Lipinski definition) is 3. The third-order valence-corrected chi connectivity index (χ3v) is 3.57. The normalized spacial score (nSPS) is 11.9. The van der Waals surface area contributed by atoms with Crippen molar-refractivity contribution < 1.29 is 5.21 Å². The van der Waals surface area contributed by atoms with Crippen LogP contribution in [0.25, 0.3) is 10.9 Å². The molecule has 3 N–H and O–H groups in total. The molecule has 0 aliphatic heterocycles. The number of nitrogens with two attached hydrogens (primary N) is 1. The van der Waals surface area contributed by atoms with Gasteiger partial charge in [0.2, 0.25) is 0 Å². The molecule has 0 atom stereocenters. The van der Waals surface area contributed by atoms with E-state index in [1.807, 2.05) is 48.8 Å². The molecule has 0 radical (unpaired) electrons. The maximum absolute atomic E-state index is 8.73. The van der Waals surface area contributed by atoms with Crippen LogP contribution >= 0.6 is 0 Å². The number of fused-ring (bicyclic) bond motifs is 1. The highest BCUT2D eigenvalue weighted by molar-refractivity contribution is 6.00. The standard InChI is InChI=1S/C16H16N4O/c17-16(19-21)14-1-2-15-13(11-14)6-10-20(15)9-5-12-3-7-18-8-4-12/h1-4,6-8,10-11,21H,5,9H2,(H2,17,19). The van der Waals surface area contributed by atoms with Gasteiger partial charge in [-0.2, -0.15) is 0 Å². The van der Waals surface area contributed by atoms with E-state index in [4.69, 9.17) is 10.9 Å². The summed E-state index contributed by atoms with van der Waals surface area (Å²) < 4.78 is 2.20. The molecule has 0 spiro atoms. The minimum atomic E-state index is 0.126. The predicted octanol–water partition coefficient (Wildman–Crippen LogP) is 2.37. The van der Waals surface area contributed by atoms with Crippen molar-refractivity contribution in [3.8, 4) is 0 Å². The first kappa shape index (κ1) is 13.2. The zero-order valence-electron chi connectivity index (χ0n) is 11.5. The van der Waals surface area contributed by atoms with Gasteiger partial charge in [-0.3, -0.25) is 4.98 Å². The second kappa shape index (κ2) is 5.66. The number of nitrogens with zero attached hydrogens (tertiary/aromatic N) is 3. The van der Waals surface area contributed by atoms with Crippen molar-refractivity contribution in [2.24, 2.45) is 10.9 Å². The molecular formula is C16H16N4O. The summed E-state index contributed by atoms with van der Waals surface area (Å²) in [5, 5.41) is 12.8. The van der Waals surface area contributed by atoms with Crippen molar-refractivity contribution in [3.05, 3.63) is 66.1 Å². The molecule has 0 saturated carbocycles. The van der Waals surface area contributed by atoms with Gasteiger partial charge < -0.3 is 15.5 Å². The average Bonchev–Trinajstić information content (AvgIpc) is 2.95. The van der Waals surface area contributed by atoms with Crippen molar-refractivity contribution in [1.29, 1.82) is 0 Å². The molecule has 2 aromatic heterocycles. The Morgan fingerprint density at radius 2 is 2.00 bits per heavy atom. The number of rotatable bonds is 4. The number of amidine groups is 1. The van der Waals surface area contributed by atoms with Crippen LogP contribution in [0, 0.1) is 0 Å². The lowest BCUT2D eigenvalue weighted by atomic mass is 10.1. The zero-order valence-corrected chi connectivity index (χ0v) is 11.5. The molecule has 5 heteroatoms. The van der Waals surface area contributed by atoms with E-state index in [1.54, 1.807) is 0 Å². The molecule has 21 heavy (non-hydrogen) atoms. The Hall–Kier alpha value is -2.82. The topological polar surface area (TPSA) is 76.4 Å². The number of hydrogen-bond donors (Lipinski definition) is 2. The van der Waals surface area contributed by atoms with E-state index in [-0.39, 0.29) is 5.84 Å². The van der Waals surface area contributed by atoms with E-state index in [2.05, 4.69) is 20.9 Å². The van der Waals surface area contributed by atoms with Crippen LogP contribution < -0.4 is 5.73 Å². The second-order valence-corrected chi connectivity index (χ2v) is 4.87. The maximum Gasteiger partial charge on any atom is 0.170 e. The van der Waals surface area contributed by atoms with E-state index >= 15 is 0 Å². The lowest BCUT2D eigenvalue weighted by molar-refractivity contribution is 0.318. The summed E-state index contributed by atoms with van der Waals surface area (Å²) in [6.45, 7) is 0.899. The van der Waals surface area contributed by atoms with Crippen molar-refractivity contribution in [3.63, 3.8) is 0 Å². The zero-order chi connectivity index (χ0) is 14.7. The fourth-order valence-electron chi connectivity index (χ4n) is 2.41. The summed E-state index contributed by atoms with van der Waals surface area (Å²) in [5.41, 5.74) is 8.73. The monoisotopic (exact) mass is 280 g/mol. The van der Waals surface area contributed by atoms with E-state index < -0.39 is 0 Å². The van der Waals surface area contributed by atoms with Crippen LogP contribution in [0.3, 0.4) is 0 Å². The lowest BCUT2D eigenvalue weighted by Gasteiger charge is -2.06. The number of oxime groups is 1. The summed E-state index contributed by atoms with van der Waals surface area (Å²) in [4.78, 5) is 4.02. The summed E-state index contributed by atoms with van der Waals surface area (Å²) in [6.07, 6.45) is 6.63. The Kier molecular flexibility index (Phi) is 3.55. The van der Waals surface area contributed by atoms with E-state index in [0.717, 1.165) is 29.4 Å². The van der Waals surface area contributed by atoms with Crippen molar-refractivity contribution in [1.82, 2.24) is 9.55 Å². The fourth-order valence-corrected chi connectivity index (χ4v) is 2.41. The van der Waals surface area contributed by atoms with Gasteiger partial charge in [-0.1, -0.05) is 5.16 Å². The van der Waals surface area contributed by atoms with Gasteiger partial charge in [0.1, 0.15) is 0 Å². The van der Waals surface area contributed by atoms with Crippen molar-refractivity contribution in [2.75, 3.05) is 0 Å².